The molecule has 4 rings (SSSR count). The summed E-state index contributed by atoms with van der Waals surface area (Å²) < 4.78 is 24.8. The monoisotopic (exact) mass is 426 g/mol. The molecule has 2 aromatic carbocycles. The Bertz CT molecular complexity index is 966. The average molecular weight is 426 g/mol. The Morgan fingerprint density at radius 2 is 1.65 bits per heavy atom. The molecule has 0 N–H and O–H groups in total. The average Bonchev–Trinajstić information content (AvgIpc) is 3.08. The summed E-state index contributed by atoms with van der Waals surface area (Å²) in [7, 11) is 0. The molecule has 7 heteroatoms. The van der Waals surface area contributed by atoms with Gasteiger partial charge >= 0.3 is 0 Å². The van der Waals surface area contributed by atoms with Gasteiger partial charge in [-0.3, -0.25) is 9.59 Å². The molecule has 0 atom stereocenters. The molecule has 2 aliphatic heterocycles. The lowest BCUT2D eigenvalue weighted by atomic mass is 10.0. The van der Waals surface area contributed by atoms with Crippen LogP contribution in [-0.4, -0.2) is 60.0 Å². The number of carbonyl (C=O) groups is 2. The van der Waals surface area contributed by atoms with E-state index in [1.54, 1.807) is 21.9 Å². The van der Waals surface area contributed by atoms with Crippen LogP contribution >= 0.6 is 0 Å². The molecule has 1 fully saturated rings. The van der Waals surface area contributed by atoms with Gasteiger partial charge in [-0.15, -0.1) is 0 Å². The zero-order valence-electron chi connectivity index (χ0n) is 17.9. The fourth-order valence-electron chi connectivity index (χ4n) is 4.03. The van der Waals surface area contributed by atoms with E-state index in [1.165, 1.54) is 12.1 Å². The number of carbonyl (C=O) groups excluding carboxylic acids is 2. The van der Waals surface area contributed by atoms with Gasteiger partial charge in [-0.1, -0.05) is 24.3 Å². The predicted octanol–water partition coefficient (Wildman–Crippen LogP) is 2.83. The summed E-state index contributed by atoms with van der Waals surface area (Å²) in [5.74, 6) is 0.859. The van der Waals surface area contributed by atoms with Gasteiger partial charge in [0.05, 0.1) is 6.42 Å². The van der Waals surface area contributed by atoms with Crippen LogP contribution in [0.3, 0.4) is 0 Å². The van der Waals surface area contributed by atoms with Crippen molar-refractivity contribution >= 4 is 11.8 Å². The maximum atomic E-state index is 13.0. The van der Waals surface area contributed by atoms with Crippen molar-refractivity contribution in [1.29, 1.82) is 0 Å². The van der Waals surface area contributed by atoms with Crippen molar-refractivity contribution in [2.45, 2.75) is 32.3 Å². The highest BCUT2D eigenvalue weighted by molar-refractivity contribution is 5.80. The van der Waals surface area contributed by atoms with Crippen molar-refractivity contribution in [3.8, 4) is 11.5 Å². The number of nitrogens with zero attached hydrogens (tertiary/aromatic N) is 2. The maximum Gasteiger partial charge on any atom is 0.260 e. The molecule has 31 heavy (non-hydrogen) atoms. The molecule has 0 spiro atoms. The van der Waals surface area contributed by atoms with Crippen molar-refractivity contribution in [3.05, 3.63) is 59.4 Å². The van der Waals surface area contributed by atoms with Crippen molar-refractivity contribution in [2.24, 2.45) is 0 Å². The minimum Gasteiger partial charge on any atom is -0.483 e. The second-order valence-electron chi connectivity index (χ2n) is 8.64. The normalized spacial score (nSPS) is 17.1. The van der Waals surface area contributed by atoms with Crippen molar-refractivity contribution in [2.75, 3.05) is 32.8 Å². The van der Waals surface area contributed by atoms with Gasteiger partial charge in [0.25, 0.3) is 5.91 Å². The number of ether oxygens (including phenoxy) is 2. The number of rotatable bonds is 5. The Kier molecular flexibility index (Phi) is 5.85. The number of hydrogen-bond acceptors (Lipinski definition) is 4. The van der Waals surface area contributed by atoms with Crippen molar-refractivity contribution in [1.82, 2.24) is 9.80 Å². The zero-order chi connectivity index (χ0) is 22.0. The first-order valence-corrected chi connectivity index (χ1v) is 10.5. The van der Waals surface area contributed by atoms with E-state index in [2.05, 4.69) is 0 Å². The third-order valence-electron chi connectivity index (χ3n) is 5.66. The minimum atomic E-state index is -0.318. The number of benzene rings is 2. The second kappa shape index (κ2) is 8.57. The van der Waals surface area contributed by atoms with E-state index in [4.69, 9.17) is 9.47 Å². The lowest BCUT2D eigenvalue weighted by molar-refractivity contribution is -0.140. The summed E-state index contributed by atoms with van der Waals surface area (Å²) in [4.78, 5) is 28.6. The molecule has 6 nitrogen and oxygen atoms in total. The SMILES string of the molecule is CC1(C)Cc2cccc(OCC(=O)N3CCN(C(=O)Cc4ccc(F)cc4)CC3)c2O1. The summed E-state index contributed by atoms with van der Waals surface area (Å²) in [6.45, 7) is 5.87. The van der Waals surface area contributed by atoms with Crippen LogP contribution in [0, 0.1) is 5.82 Å². The van der Waals surface area contributed by atoms with Crippen LogP contribution in [0.5, 0.6) is 11.5 Å². The minimum absolute atomic E-state index is 0.0189. The molecule has 1 saturated heterocycles. The molecule has 0 aromatic heterocycles. The first kappa shape index (κ1) is 21.2. The second-order valence-corrected chi connectivity index (χ2v) is 8.64. The van der Waals surface area contributed by atoms with Crippen molar-refractivity contribution < 1.29 is 23.5 Å². The molecule has 0 unspecified atom stereocenters. The molecule has 2 aliphatic rings. The largest absolute Gasteiger partial charge is 0.483 e. The Balaban J connectivity index is 1.26. The quantitative estimate of drug-likeness (QED) is 0.738. The van der Waals surface area contributed by atoms with Gasteiger partial charge in [-0.05, 0) is 37.6 Å². The van der Waals surface area contributed by atoms with Crippen LogP contribution in [0.15, 0.2) is 42.5 Å². The van der Waals surface area contributed by atoms with Crippen LogP contribution in [-0.2, 0) is 22.4 Å². The van der Waals surface area contributed by atoms with Gasteiger partial charge in [0.1, 0.15) is 11.4 Å². The van der Waals surface area contributed by atoms with Gasteiger partial charge < -0.3 is 19.3 Å². The third-order valence-corrected chi connectivity index (χ3v) is 5.66. The van der Waals surface area contributed by atoms with Gasteiger partial charge in [0, 0.05) is 38.2 Å². The zero-order valence-corrected chi connectivity index (χ0v) is 17.9. The van der Waals surface area contributed by atoms with E-state index in [0.29, 0.717) is 31.9 Å². The lowest BCUT2D eigenvalue weighted by Crippen LogP contribution is -2.52. The van der Waals surface area contributed by atoms with E-state index >= 15 is 0 Å². The van der Waals surface area contributed by atoms with Crippen LogP contribution in [0.4, 0.5) is 4.39 Å². The summed E-state index contributed by atoms with van der Waals surface area (Å²) >= 11 is 0. The van der Waals surface area contributed by atoms with Crippen LogP contribution in [0.25, 0.3) is 0 Å². The lowest BCUT2D eigenvalue weighted by Gasteiger charge is -2.34. The molecule has 0 bridgehead atoms. The smallest absolute Gasteiger partial charge is 0.260 e. The Morgan fingerprint density at radius 1 is 1.00 bits per heavy atom. The number of piperazine rings is 1. The van der Waals surface area contributed by atoms with Crippen LogP contribution in [0.1, 0.15) is 25.0 Å². The highest BCUT2D eigenvalue weighted by Gasteiger charge is 2.32. The Labute approximate surface area is 181 Å². The molecular formula is C24H27FN2O4. The van der Waals surface area contributed by atoms with Crippen LogP contribution < -0.4 is 9.47 Å². The van der Waals surface area contributed by atoms with E-state index < -0.39 is 0 Å². The number of halogens is 1. The molecule has 0 saturated carbocycles. The predicted molar refractivity (Wildman–Crippen MR) is 114 cm³/mol. The first-order valence-electron chi connectivity index (χ1n) is 10.5. The maximum absolute atomic E-state index is 13.0. The van der Waals surface area contributed by atoms with E-state index in [9.17, 15) is 14.0 Å². The highest BCUT2D eigenvalue weighted by Crippen LogP contribution is 2.41. The van der Waals surface area contributed by atoms with Gasteiger partial charge in [0.15, 0.2) is 18.1 Å². The molecular weight excluding hydrogens is 399 g/mol. The molecule has 0 aliphatic carbocycles. The Morgan fingerprint density at radius 3 is 2.32 bits per heavy atom. The standard InChI is InChI=1S/C24H27FN2O4/c1-24(2)15-18-4-3-5-20(23(18)31-24)30-16-22(29)27-12-10-26(11-13-27)21(28)14-17-6-8-19(25)9-7-17/h3-9H,10-16H2,1-2H3. The van der Waals surface area contributed by atoms with E-state index in [0.717, 1.165) is 23.3 Å². The van der Waals surface area contributed by atoms with E-state index in [-0.39, 0.29) is 36.3 Å². The van der Waals surface area contributed by atoms with Crippen molar-refractivity contribution in [3.63, 3.8) is 0 Å². The summed E-state index contributed by atoms with van der Waals surface area (Å²) in [5.41, 5.74) is 1.59. The molecule has 164 valence electrons. The molecule has 0 radical (unpaired) electrons. The topological polar surface area (TPSA) is 59.1 Å². The van der Waals surface area contributed by atoms with Crippen LogP contribution in [0.2, 0.25) is 0 Å². The van der Waals surface area contributed by atoms with Gasteiger partial charge in [-0.2, -0.15) is 0 Å². The summed E-state index contributed by atoms with van der Waals surface area (Å²) in [6, 6.07) is 11.7. The van der Waals surface area contributed by atoms with Gasteiger partial charge in [0.2, 0.25) is 5.91 Å². The summed E-state index contributed by atoms with van der Waals surface area (Å²) in [5, 5.41) is 0. The number of amides is 2. The fourth-order valence-corrected chi connectivity index (χ4v) is 4.03. The number of para-hydroxylation sites is 1. The molecule has 2 heterocycles. The third kappa shape index (κ3) is 4.98. The number of fused-ring (bicyclic) bond motifs is 1. The van der Waals surface area contributed by atoms with Gasteiger partial charge in [-0.25, -0.2) is 4.39 Å². The number of hydrogen-bond donors (Lipinski definition) is 0. The summed E-state index contributed by atoms with van der Waals surface area (Å²) in [6.07, 6.45) is 1.04. The molecule has 2 amide bonds. The highest BCUT2D eigenvalue weighted by atomic mass is 19.1. The molecule has 2 aromatic rings. The Hall–Kier alpha value is -3.09. The van der Waals surface area contributed by atoms with E-state index in [1.807, 2.05) is 32.0 Å². The first-order chi connectivity index (χ1) is 14.8. The fraction of sp³-hybridized carbons (Fsp3) is 0.417.